The molecule has 3 heterocycles. The van der Waals surface area contributed by atoms with E-state index >= 15 is 0 Å². The Morgan fingerprint density at radius 2 is 1.79 bits per heavy atom. The lowest BCUT2D eigenvalue weighted by atomic mass is 10.1. The van der Waals surface area contributed by atoms with Crippen molar-refractivity contribution in [3.05, 3.63) is 35.3 Å². The topological polar surface area (TPSA) is 60.0 Å². The fourth-order valence-corrected chi connectivity index (χ4v) is 3.01. The van der Waals surface area contributed by atoms with E-state index in [1.807, 2.05) is 29.6 Å². The van der Waals surface area contributed by atoms with Crippen LogP contribution in [-0.2, 0) is 19.9 Å². The molecule has 0 unspecified atom stereocenters. The number of hydrogen-bond donors (Lipinski definition) is 1. The zero-order chi connectivity index (χ0) is 17.3. The first-order chi connectivity index (χ1) is 11.3. The number of piperidine rings is 1. The lowest BCUT2D eigenvalue weighted by molar-refractivity contribution is -0.0220. The van der Waals surface area contributed by atoms with Crippen LogP contribution in [0.1, 0.15) is 29.9 Å². The minimum absolute atomic E-state index is 0.113. The number of aromatic nitrogens is 3. The smallest absolute Gasteiger partial charge is 0.251 e. The zero-order valence-corrected chi connectivity index (χ0v) is 14.1. The van der Waals surface area contributed by atoms with Gasteiger partial charge in [-0.05, 0) is 31.9 Å². The van der Waals surface area contributed by atoms with Gasteiger partial charge in [0.05, 0.1) is 5.69 Å². The molecule has 2 N–H and O–H groups in total. The number of hydrogen-bond acceptors (Lipinski definition) is 4. The summed E-state index contributed by atoms with van der Waals surface area (Å²) in [5.41, 5.74) is 9.78. The third-order valence-electron chi connectivity index (χ3n) is 4.54. The van der Waals surface area contributed by atoms with Gasteiger partial charge < -0.3 is 10.6 Å². The number of nitrogen functional groups attached to an aromatic ring is 1. The second-order valence-electron chi connectivity index (χ2n) is 6.49. The molecular weight excluding hydrogens is 312 g/mol. The van der Waals surface area contributed by atoms with E-state index in [1.165, 1.54) is 0 Å². The molecule has 130 valence electrons. The first kappa shape index (κ1) is 16.7. The standard InChI is InChI=1S/C17H23F2N5/c1-12-9-14(22-23(12)2)4-3-13-10-15(11-16(20)21-13)24-7-5-17(18,19)6-8-24/h9-11H,3-8H2,1-2H3,(H2,20,21). The molecule has 1 aliphatic rings. The van der Waals surface area contributed by atoms with Gasteiger partial charge in [0.15, 0.2) is 0 Å². The van der Waals surface area contributed by atoms with E-state index in [9.17, 15) is 8.78 Å². The van der Waals surface area contributed by atoms with Crippen molar-refractivity contribution in [2.45, 2.75) is 38.5 Å². The molecular formula is C17H23F2N5. The van der Waals surface area contributed by atoms with Crippen LogP contribution in [0.15, 0.2) is 18.2 Å². The van der Waals surface area contributed by atoms with Gasteiger partial charge in [-0.1, -0.05) is 0 Å². The van der Waals surface area contributed by atoms with Gasteiger partial charge in [0.1, 0.15) is 5.82 Å². The van der Waals surface area contributed by atoms with Crippen LogP contribution in [0.2, 0.25) is 0 Å². The van der Waals surface area contributed by atoms with Crippen molar-refractivity contribution in [3.8, 4) is 0 Å². The number of halogens is 2. The van der Waals surface area contributed by atoms with Crippen LogP contribution < -0.4 is 10.6 Å². The second-order valence-corrected chi connectivity index (χ2v) is 6.49. The summed E-state index contributed by atoms with van der Waals surface area (Å²) in [6, 6.07) is 5.77. The highest BCUT2D eigenvalue weighted by atomic mass is 19.3. The molecule has 1 saturated heterocycles. The number of nitrogens with two attached hydrogens (primary N) is 1. The average molecular weight is 335 g/mol. The summed E-state index contributed by atoms with van der Waals surface area (Å²) in [7, 11) is 1.92. The minimum Gasteiger partial charge on any atom is -0.384 e. The Morgan fingerprint density at radius 1 is 1.12 bits per heavy atom. The highest BCUT2D eigenvalue weighted by Gasteiger charge is 2.34. The first-order valence-electron chi connectivity index (χ1n) is 8.21. The molecule has 0 spiro atoms. The summed E-state index contributed by atoms with van der Waals surface area (Å²) in [4.78, 5) is 6.33. The molecule has 2 aromatic rings. The van der Waals surface area contributed by atoms with Crippen LogP contribution in [0.3, 0.4) is 0 Å². The zero-order valence-electron chi connectivity index (χ0n) is 14.1. The van der Waals surface area contributed by atoms with Crippen molar-refractivity contribution in [1.82, 2.24) is 14.8 Å². The van der Waals surface area contributed by atoms with Crippen LogP contribution in [-0.4, -0.2) is 33.8 Å². The predicted molar refractivity (Wildman–Crippen MR) is 90.4 cm³/mol. The van der Waals surface area contributed by atoms with Crippen LogP contribution >= 0.6 is 0 Å². The lowest BCUT2D eigenvalue weighted by Crippen LogP contribution is -2.39. The third kappa shape index (κ3) is 3.83. The number of nitrogens with zero attached hydrogens (tertiary/aromatic N) is 4. The highest BCUT2D eigenvalue weighted by Crippen LogP contribution is 2.31. The van der Waals surface area contributed by atoms with E-state index in [1.54, 1.807) is 6.07 Å². The van der Waals surface area contributed by atoms with Crippen molar-refractivity contribution in [3.63, 3.8) is 0 Å². The van der Waals surface area contributed by atoms with E-state index in [2.05, 4.69) is 16.1 Å². The summed E-state index contributed by atoms with van der Waals surface area (Å²) >= 11 is 0. The Labute approximate surface area is 140 Å². The second kappa shape index (κ2) is 6.37. The van der Waals surface area contributed by atoms with Crippen molar-refractivity contribution < 1.29 is 8.78 Å². The van der Waals surface area contributed by atoms with Crippen LogP contribution in [0.4, 0.5) is 20.3 Å². The molecule has 5 nitrogen and oxygen atoms in total. The van der Waals surface area contributed by atoms with Gasteiger partial charge in [0.2, 0.25) is 0 Å². The maximum absolute atomic E-state index is 13.3. The monoisotopic (exact) mass is 335 g/mol. The Morgan fingerprint density at radius 3 is 2.42 bits per heavy atom. The number of anilines is 2. The SMILES string of the molecule is Cc1cc(CCc2cc(N3CCC(F)(F)CC3)cc(N)n2)nn1C. The van der Waals surface area contributed by atoms with Crippen LogP contribution in [0, 0.1) is 6.92 Å². The molecule has 0 bridgehead atoms. The van der Waals surface area contributed by atoms with Crippen molar-refractivity contribution >= 4 is 11.5 Å². The van der Waals surface area contributed by atoms with Gasteiger partial charge in [0.25, 0.3) is 5.92 Å². The molecule has 24 heavy (non-hydrogen) atoms. The van der Waals surface area contributed by atoms with E-state index in [-0.39, 0.29) is 12.8 Å². The van der Waals surface area contributed by atoms with Crippen molar-refractivity contribution in [2.24, 2.45) is 7.05 Å². The first-order valence-corrected chi connectivity index (χ1v) is 8.21. The van der Waals surface area contributed by atoms with Gasteiger partial charge in [-0.25, -0.2) is 13.8 Å². The van der Waals surface area contributed by atoms with Gasteiger partial charge in [0, 0.05) is 56.1 Å². The van der Waals surface area contributed by atoms with Crippen LogP contribution in [0.5, 0.6) is 0 Å². The fraction of sp³-hybridized carbons (Fsp3) is 0.529. The molecule has 2 aromatic heterocycles. The van der Waals surface area contributed by atoms with Gasteiger partial charge in [-0.3, -0.25) is 4.68 Å². The Balaban J connectivity index is 1.69. The molecule has 0 radical (unpaired) electrons. The lowest BCUT2D eigenvalue weighted by Gasteiger charge is -2.33. The highest BCUT2D eigenvalue weighted by molar-refractivity contribution is 5.54. The number of rotatable bonds is 4. The Bertz CT molecular complexity index is 696. The van der Waals surface area contributed by atoms with E-state index < -0.39 is 5.92 Å². The number of pyridine rings is 1. The average Bonchev–Trinajstić information content (AvgIpc) is 2.83. The van der Waals surface area contributed by atoms with Gasteiger partial charge in [-0.2, -0.15) is 5.10 Å². The van der Waals surface area contributed by atoms with Crippen molar-refractivity contribution in [2.75, 3.05) is 23.7 Å². The number of alkyl halides is 2. The van der Waals surface area contributed by atoms with Gasteiger partial charge in [-0.15, -0.1) is 0 Å². The normalized spacial score (nSPS) is 17.2. The summed E-state index contributed by atoms with van der Waals surface area (Å²) in [5.74, 6) is -2.12. The van der Waals surface area contributed by atoms with E-state index in [4.69, 9.17) is 5.73 Å². The third-order valence-corrected chi connectivity index (χ3v) is 4.54. The minimum atomic E-state index is -2.55. The predicted octanol–water partition coefficient (Wildman–Crippen LogP) is 2.73. The Kier molecular flexibility index (Phi) is 4.43. The summed E-state index contributed by atoms with van der Waals surface area (Å²) < 4.78 is 28.5. The summed E-state index contributed by atoms with van der Waals surface area (Å²) in [5, 5.41) is 4.44. The van der Waals surface area contributed by atoms with Gasteiger partial charge >= 0.3 is 0 Å². The van der Waals surface area contributed by atoms with Crippen molar-refractivity contribution in [1.29, 1.82) is 0 Å². The van der Waals surface area contributed by atoms with E-state index in [0.29, 0.717) is 18.9 Å². The van der Waals surface area contributed by atoms with Crippen LogP contribution in [0.25, 0.3) is 0 Å². The summed E-state index contributed by atoms with van der Waals surface area (Å²) in [6.45, 7) is 2.70. The maximum Gasteiger partial charge on any atom is 0.251 e. The molecule has 7 heteroatoms. The fourth-order valence-electron chi connectivity index (χ4n) is 3.01. The number of aryl methyl sites for hydroxylation is 4. The quantitative estimate of drug-likeness (QED) is 0.933. The Hall–Kier alpha value is -2.18. The molecule has 0 atom stereocenters. The maximum atomic E-state index is 13.3. The largest absolute Gasteiger partial charge is 0.384 e. The molecule has 1 aliphatic heterocycles. The molecule has 0 aliphatic carbocycles. The molecule has 1 fully saturated rings. The molecule has 3 rings (SSSR count). The molecule has 0 saturated carbocycles. The van der Waals surface area contributed by atoms with E-state index in [0.717, 1.165) is 35.6 Å². The molecule has 0 aromatic carbocycles. The summed E-state index contributed by atoms with van der Waals surface area (Å²) in [6.07, 6.45) is 1.27. The molecule has 0 amide bonds.